The fourth-order valence-corrected chi connectivity index (χ4v) is 4.34. The van der Waals surface area contributed by atoms with Crippen LogP contribution in [0.4, 0.5) is 0 Å². The number of imidazole rings is 1. The fourth-order valence-electron chi connectivity index (χ4n) is 4.34. The summed E-state index contributed by atoms with van der Waals surface area (Å²) in [6.07, 6.45) is 1.80. The number of aromatic nitrogens is 2. The molecule has 0 saturated carbocycles. The van der Waals surface area contributed by atoms with Gasteiger partial charge in [0.1, 0.15) is 5.82 Å². The van der Waals surface area contributed by atoms with E-state index in [1.54, 1.807) is 12.1 Å². The molecule has 3 N–H and O–H groups in total. The molecule has 6 nitrogen and oxygen atoms in total. The molecule has 0 atom stereocenters. The van der Waals surface area contributed by atoms with Crippen molar-refractivity contribution in [3.8, 4) is 11.1 Å². The first kappa shape index (κ1) is 20.0. The number of piperidine rings is 1. The van der Waals surface area contributed by atoms with Crippen LogP contribution in [0.3, 0.4) is 0 Å². The lowest BCUT2D eigenvalue weighted by Crippen LogP contribution is -2.38. The number of fused-ring (bicyclic) bond motifs is 1. The number of rotatable bonds is 4. The topological polar surface area (TPSA) is 92.1 Å². The molecule has 2 amide bonds. The van der Waals surface area contributed by atoms with E-state index in [1.807, 2.05) is 65.6 Å². The monoisotopic (exact) mass is 424 g/mol. The number of aromatic amines is 1. The second-order valence-corrected chi connectivity index (χ2v) is 8.22. The number of nitrogens with two attached hydrogens (primary N) is 1. The van der Waals surface area contributed by atoms with E-state index in [9.17, 15) is 9.59 Å². The van der Waals surface area contributed by atoms with Gasteiger partial charge in [0.15, 0.2) is 0 Å². The number of carbonyl (C=O) groups is 2. The van der Waals surface area contributed by atoms with Crippen molar-refractivity contribution in [2.75, 3.05) is 13.1 Å². The minimum absolute atomic E-state index is 0.0590. The van der Waals surface area contributed by atoms with Crippen LogP contribution in [0.25, 0.3) is 22.2 Å². The lowest BCUT2D eigenvalue weighted by molar-refractivity contribution is 0.0711. The van der Waals surface area contributed by atoms with E-state index < -0.39 is 5.91 Å². The van der Waals surface area contributed by atoms with Crippen LogP contribution in [-0.2, 0) is 0 Å². The van der Waals surface area contributed by atoms with Crippen molar-refractivity contribution in [3.05, 3.63) is 89.7 Å². The Morgan fingerprint density at radius 2 is 1.44 bits per heavy atom. The molecular formula is C26H24N4O2. The number of nitrogens with one attached hydrogen (secondary N) is 1. The molecule has 2 heterocycles. The van der Waals surface area contributed by atoms with Gasteiger partial charge in [-0.25, -0.2) is 4.98 Å². The average molecular weight is 425 g/mol. The zero-order valence-corrected chi connectivity index (χ0v) is 17.6. The van der Waals surface area contributed by atoms with Gasteiger partial charge >= 0.3 is 0 Å². The number of para-hydroxylation sites is 2. The number of hydrogen-bond donors (Lipinski definition) is 2. The molecule has 0 unspecified atom stereocenters. The predicted molar refractivity (Wildman–Crippen MR) is 124 cm³/mol. The van der Waals surface area contributed by atoms with Crippen LogP contribution in [0.1, 0.15) is 45.3 Å². The van der Waals surface area contributed by atoms with Crippen LogP contribution >= 0.6 is 0 Å². The fraction of sp³-hybridized carbons (Fsp3) is 0.192. The molecule has 0 aliphatic carbocycles. The Morgan fingerprint density at radius 3 is 2.03 bits per heavy atom. The Balaban J connectivity index is 1.23. The Labute approximate surface area is 186 Å². The van der Waals surface area contributed by atoms with Crippen molar-refractivity contribution in [2.45, 2.75) is 18.8 Å². The summed E-state index contributed by atoms with van der Waals surface area (Å²) in [5, 5.41) is 0. The van der Waals surface area contributed by atoms with Gasteiger partial charge in [0, 0.05) is 30.1 Å². The zero-order valence-electron chi connectivity index (χ0n) is 17.6. The summed E-state index contributed by atoms with van der Waals surface area (Å²) in [4.78, 5) is 34.3. The maximum Gasteiger partial charge on any atom is 0.253 e. The van der Waals surface area contributed by atoms with Gasteiger partial charge in [-0.3, -0.25) is 9.59 Å². The van der Waals surface area contributed by atoms with E-state index >= 15 is 0 Å². The van der Waals surface area contributed by atoms with E-state index in [0.29, 0.717) is 17.0 Å². The van der Waals surface area contributed by atoms with Crippen molar-refractivity contribution in [2.24, 2.45) is 5.73 Å². The van der Waals surface area contributed by atoms with Crippen molar-refractivity contribution in [1.29, 1.82) is 0 Å². The summed E-state index contributed by atoms with van der Waals surface area (Å²) in [6, 6.07) is 22.8. The largest absolute Gasteiger partial charge is 0.366 e. The molecular weight excluding hydrogens is 400 g/mol. The van der Waals surface area contributed by atoms with E-state index in [4.69, 9.17) is 10.7 Å². The summed E-state index contributed by atoms with van der Waals surface area (Å²) in [5.41, 5.74) is 10.5. The third kappa shape index (κ3) is 3.87. The molecule has 0 radical (unpaired) electrons. The summed E-state index contributed by atoms with van der Waals surface area (Å²) >= 11 is 0. The molecule has 1 saturated heterocycles. The smallest absolute Gasteiger partial charge is 0.253 e. The Hall–Kier alpha value is -3.93. The average Bonchev–Trinajstić information content (AvgIpc) is 3.28. The number of benzene rings is 3. The van der Waals surface area contributed by atoms with Crippen molar-refractivity contribution in [3.63, 3.8) is 0 Å². The van der Waals surface area contributed by atoms with Crippen LogP contribution in [0.15, 0.2) is 72.8 Å². The molecule has 160 valence electrons. The van der Waals surface area contributed by atoms with Gasteiger partial charge in [0.05, 0.1) is 11.0 Å². The van der Waals surface area contributed by atoms with Gasteiger partial charge in [-0.2, -0.15) is 0 Å². The van der Waals surface area contributed by atoms with Gasteiger partial charge in [-0.15, -0.1) is 0 Å². The maximum absolute atomic E-state index is 13.0. The number of amides is 2. The quantitative estimate of drug-likeness (QED) is 0.510. The second kappa shape index (κ2) is 8.30. The summed E-state index contributed by atoms with van der Waals surface area (Å²) in [5.74, 6) is 0.979. The Kier molecular flexibility index (Phi) is 5.19. The van der Waals surface area contributed by atoms with E-state index in [1.165, 1.54) is 0 Å². The van der Waals surface area contributed by atoms with Crippen molar-refractivity contribution >= 4 is 22.8 Å². The van der Waals surface area contributed by atoms with Crippen LogP contribution in [0, 0.1) is 0 Å². The summed E-state index contributed by atoms with van der Waals surface area (Å²) < 4.78 is 0. The summed E-state index contributed by atoms with van der Waals surface area (Å²) in [6.45, 7) is 1.44. The first-order valence-corrected chi connectivity index (χ1v) is 10.8. The third-order valence-corrected chi connectivity index (χ3v) is 6.21. The molecule has 3 aromatic carbocycles. The van der Waals surface area contributed by atoms with Crippen molar-refractivity contribution < 1.29 is 9.59 Å². The van der Waals surface area contributed by atoms with Crippen LogP contribution < -0.4 is 5.73 Å². The Bertz CT molecular complexity index is 1230. The molecule has 6 heteroatoms. The van der Waals surface area contributed by atoms with Gasteiger partial charge in [0.2, 0.25) is 5.91 Å². The third-order valence-electron chi connectivity index (χ3n) is 6.21. The minimum Gasteiger partial charge on any atom is -0.366 e. The Morgan fingerprint density at radius 1 is 0.844 bits per heavy atom. The minimum atomic E-state index is -0.443. The highest BCUT2D eigenvalue weighted by Gasteiger charge is 2.26. The number of primary amides is 1. The lowest BCUT2D eigenvalue weighted by Gasteiger charge is -2.31. The highest BCUT2D eigenvalue weighted by Crippen LogP contribution is 2.29. The van der Waals surface area contributed by atoms with Crippen LogP contribution in [0.5, 0.6) is 0 Å². The predicted octanol–water partition coefficient (Wildman–Crippen LogP) is 4.35. The maximum atomic E-state index is 13.0. The first-order chi connectivity index (χ1) is 15.6. The SMILES string of the molecule is NC(=O)c1ccc(-c2ccc(C(=O)N3CCC(c4nc5ccccc5[nH]4)CC3)cc2)cc1. The molecule has 1 aliphatic heterocycles. The van der Waals surface area contributed by atoms with Gasteiger partial charge in [-0.05, 0) is 60.4 Å². The molecule has 4 aromatic rings. The normalized spacial score (nSPS) is 14.6. The number of nitrogens with zero attached hydrogens (tertiary/aromatic N) is 2. The molecule has 32 heavy (non-hydrogen) atoms. The van der Waals surface area contributed by atoms with E-state index in [-0.39, 0.29) is 5.91 Å². The highest BCUT2D eigenvalue weighted by molar-refractivity contribution is 5.95. The van der Waals surface area contributed by atoms with Gasteiger partial charge < -0.3 is 15.6 Å². The number of hydrogen-bond acceptors (Lipinski definition) is 3. The van der Waals surface area contributed by atoms with Gasteiger partial charge in [-0.1, -0.05) is 36.4 Å². The molecule has 0 bridgehead atoms. The number of H-pyrrole nitrogens is 1. The van der Waals surface area contributed by atoms with Crippen LogP contribution in [0.2, 0.25) is 0 Å². The molecule has 1 aromatic heterocycles. The van der Waals surface area contributed by atoms with Crippen LogP contribution in [-0.4, -0.2) is 39.8 Å². The summed E-state index contributed by atoms with van der Waals surface area (Å²) in [7, 11) is 0. The second-order valence-electron chi connectivity index (χ2n) is 8.22. The van der Waals surface area contributed by atoms with Crippen molar-refractivity contribution in [1.82, 2.24) is 14.9 Å². The van der Waals surface area contributed by atoms with Gasteiger partial charge in [0.25, 0.3) is 5.91 Å². The molecule has 0 spiro atoms. The standard InChI is InChI=1S/C26H24N4O2/c27-24(31)19-9-5-17(6-10-19)18-7-11-21(12-8-18)26(32)30-15-13-20(14-16-30)25-28-22-3-1-2-4-23(22)29-25/h1-12,20H,13-16H2,(H2,27,31)(H,28,29). The van der Waals surface area contributed by atoms with E-state index in [2.05, 4.69) is 4.98 Å². The molecule has 5 rings (SSSR count). The number of likely N-dealkylation sites (tertiary alicyclic amines) is 1. The molecule has 1 fully saturated rings. The highest BCUT2D eigenvalue weighted by atomic mass is 16.2. The lowest BCUT2D eigenvalue weighted by atomic mass is 9.95. The molecule has 1 aliphatic rings. The van der Waals surface area contributed by atoms with E-state index in [0.717, 1.165) is 53.9 Å². The first-order valence-electron chi connectivity index (χ1n) is 10.8. The number of carbonyl (C=O) groups excluding carboxylic acids is 2. The zero-order chi connectivity index (χ0) is 22.1.